The topological polar surface area (TPSA) is 117 Å². The first kappa shape index (κ1) is 20.2. The first-order valence-electron chi connectivity index (χ1n) is 9.46. The molecule has 0 saturated heterocycles. The fourth-order valence-electron chi connectivity index (χ4n) is 3.25. The lowest BCUT2D eigenvalue weighted by Gasteiger charge is -2.23. The molecule has 2 N–H and O–H groups in total. The molecule has 2 amide bonds. The second kappa shape index (κ2) is 8.34. The Morgan fingerprint density at radius 2 is 1.77 bits per heavy atom. The Hall–Kier alpha value is -4.08. The van der Waals surface area contributed by atoms with Crippen LogP contribution >= 0.6 is 0 Å². The molecule has 0 spiro atoms. The van der Waals surface area contributed by atoms with Crippen LogP contribution in [0.5, 0.6) is 17.2 Å². The number of aromatic nitrogens is 3. The molecule has 0 unspecified atom stereocenters. The molecule has 0 aliphatic carbocycles. The monoisotopic (exact) mass is 423 g/mol. The summed E-state index contributed by atoms with van der Waals surface area (Å²) in [6, 6.07) is 11.3. The average Bonchev–Trinajstić information content (AvgIpc) is 3.22. The zero-order valence-corrected chi connectivity index (χ0v) is 17.2. The molecule has 0 radical (unpaired) electrons. The largest absolute Gasteiger partial charge is 0.497 e. The van der Waals surface area contributed by atoms with Gasteiger partial charge < -0.3 is 19.5 Å². The molecular formula is C21H21N5O5. The third-order valence-electron chi connectivity index (χ3n) is 4.87. The van der Waals surface area contributed by atoms with Crippen LogP contribution in [0.15, 0.2) is 42.5 Å². The van der Waals surface area contributed by atoms with E-state index < -0.39 is 11.9 Å². The second-order valence-electron chi connectivity index (χ2n) is 6.76. The number of carbonyl (C=O) groups is 2. The molecule has 2 aromatic carbocycles. The summed E-state index contributed by atoms with van der Waals surface area (Å²) in [6.45, 7) is 0. The number of rotatable bonds is 6. The van der Waals surface area contributed by atoms with Crippen LogP contribution in [0.3, 0.4) is 0 Å². The van der Waals surface area contributed by atoms with E-state index in [0.717, 1.165) is 5.56 Å². The minimum absolute atomic E-state index is 0.0667. The molecule has 4 rings (SSSR count). The van der Waals surface area contributed by atoms with Crippen molar-refractivity contribution in [1.29, 1.82) is 0 Å². The number of ether oxygens (including phenoxy) is 3. The Labute approximate surface area is 178 Å². The van der Waals surface area contributed by atoms with E-state index in [2.05, 4.69) is 20.7 Å². The van der Waals surface area contributed by atoms with E-state index in [9.17, 15) is 9.59 Å². The molecule has 3 aromatic rings. The van der Waals surface area contributed by atoms with Crippen LogP contribution in [0.25, 0.3) is 11.4 Å². The predicted octanol–water partition coefficient (Wildman–Crippen LogP) is 2.49. The van der Waals surface area contributed by atoms with Crippen molar-refractivity contribution in [1.82, 2.24) is 14.8 Å². The zero-order chi connectivity index (χ0) is 22.0. The standard InChI is InChI=1S/C21H21N5O5/c1-29-13-6-4-12(5-7-13)19-24-21-23-18(27)11-16(26(21)25-19)20(28)22-15-9-8-14(30-2)10-17(15)31-3/h4-10,16H,11H2,1-3H3,(H,22,28)(H,23,24,25,27)/t16-/m1/s1. The normalized spacial score (nSPS) is 14.9. The molecule has 0 saturated carbocycles. The van der Waals surface area contributed by atoms with Crippen molar-refractivity contribution in [2.24, 2.45) is 0 Å². The number of hydrogen-bond donors (Lipinski definition) is 2. The van der Waals surface area contributed by atoms with E-state index in [1.54, 1.807) is 56.7 Å². The molecule has 1 aliphatic heterocycles. The highest BCUT2D eigenvalue weighted by Gasteiger charge is 2.33. The molecule has 31 heavy (non-hydrogen) atoms. The summed E-state index contributed by atoms with van der Waals surface area (Å²) >= 11 is 0. The van der Waals surface area contributed by atoms with E-state index in [-0.39, 0.29) is 18.3 Å². The number of anilines is 2. The lowest BCUT2D eigenvalue weighted by Crippen LogP contribution is -2.36. The number of nitrogens with zero attached hydrogens (tertiary/aromatic N) is 3. The number of amides is 2. The molecule has 0 fully saturated rings. The zero-order valence-electron chi connectivity index (χ0n) is 17.2. The number of fused-ring (bicyclic) bond motifs is 1. The van der Waals surface area contributed by atoms with Crippen LogP contribution in [0.2, 0.25) is 0 Å². The van der Waals surface area contributed by atoms with Crippen LogP contribution in [0.1, 0.15) is 12.5 Å². The average molecular weight is 423 g/mol. The fraction of sp³-hybridized carbons (Fsp3) is 0.238. The summed E-state index contributed by atoms with van der Waals surface area (Å²) in [5.74, 6) is 1.60. The van der Waals surface area contributed by atoms with Crippen LogP contribution in [-0.2, 0) is 9.59 Å². The first-order valence-corrected chi connectivity index (χ1v) is 9.46. The molecule has 160 valence electrons. The number of nitrogens with one attached hydrogen (secondary N) is 2. The van der Waals surface area contributed by atoms with E-state index in [1.165, 1.54) is 11.8 Å². The predicted molar refractivity (Wildman–Crippen MR) is 112 cm³/mol. The molecule has 1 aromatic heterocycles. The lowest BCUT2D eigenvalue weighted by atomic mass is 10.1. The van der Waals surface area contributed by atoms with Gasteiger partial charge in [-0.05, 0) is 36.4 Å². The SMILES string of the molecule is COc1ccc(-c2nc3n(n2)[C@@H](C(=O)Nc2ccc(OC)cc2OC)CC(=O)N3)cc1. The van der Waals surface area contributed by atoms with Crippen molar-refractivity contribution in [3.8, 4) is 28.6 Å². The van der Waals surface area contributed by atoms with Gasteiger partial charge in [-0.2, -0.15) is 4.98 Å². The molecule has 10 nitrogen and oxygen atoms in total. The van der Waals surface area contributed by atoms with Crippen molar-refractivity contribution in [3.05, 3.63) is 42.5 Å². The quantitative estimate of drug-likeness (QED) is 0.626. The van der Waals surface area contributed by atoms with Gasteiger partial charge in [0.25, 0.3) is 0 Å². The summed E-state index contributed by atoms with van der Waals surface area (Å²) < 4.78 is 17.1. The molecular weight excluding hydrogens is 402 g/mol. The van der Waals surface area contributed by atoms with Gasteiger partial charge in [-0.15, -0.1) is 5.10 Å². The van der Waals surface area contributed by atoms with Gasteiger partial charge in [0, 0.05) is 11.6 Å². The smallest absolute Gasteiger partial charge is 0.250 e. The molecule has 10 heteroatoms. The maximum atomic E-state index is 13.0. The molecule has 0 bridgehead atoms. The maximum Gasteiger partial charge on any atom is 0.250 e. The third kappa shape index (κ3) is 4.00. The minimum Gasteiger partial charge on any atom is -0.497 e. The highest BCUT2D eigenvalue weighted by Crippen LogP contribution is 2.32. The fourth-order valence-corrected chi connectivity index (χ4v) is 3.25. The van der Waals surface area contributed by atoms with Crippen LogP contribution in [0.4, 0.5) is 11.6 Å². The Morgan fingerprint density at radius 1 is 1.06 bits per heavy atom. The number of benzene rings is 2. The van der Waals surface area contributed by atoms with Crippen molar-refractivity contribution < 1.29 is 23.8 Å². The van der Waals surface area contributed by atoms with Gasteiger partial charge in [0.05, 0.1) is 33.4 Å². The number of methoxy groups -OCH3 is 3. The van der Waals surface area contributed by atoms with Crippen molar-refractivity contribution in [2.45, 2.75) is 12.5 Å². The van der Waals surface area contributed by atoms with Gasteiger partial charge in [0.15, 0.2) is 5.82 Å². The van der Waals surface area contributed by atoms with Crippen molar-refractivity contribution in [2.75, 3.05) is 32.0 Å². The van der Waals surface area contributed by atoms with Gasteiger partial charge in [-0.3, -0.25) is 14.9 Å². The van der Waals surface area contributed by atoms with E-state index >= 15 is 0 Å². The number of carbonyl (C=O) groups excluding carboxylic acids is 2. The summed E-state index contributed by atoms with van der Waals surface area (Å²) in [5.41, 5.74) is 1.18. The van der Waals surface area contributed by atoms with Gasteiger partial charge in [-0.1, -0.05) is 0 Å². The van der Waals surface area contributed by atoms with Gasteiger partial charge in [-0.25, -0.2) is 4.68 Å². The third-order valence-corrected chi connectivity index (χ3v) is 4.87. The van der Waals surface area contributed by atoms with Gasteiger partial charge in [0.1, 0.15) is 23.3 Å². The van der Waals surface area contributed by atoms with E-state index in [0.29, 0.717) is 28.8 Å². The van der Waals surface area contributed by atoms with E-state index in [4.69, 9.17) is 14.2 Å². The highest BCUT2D eigenvalue weighted by atomic mass is 16.5. The van der Waals surface area contributed by atoms with Gasteiger partial charge >= 0.3 is 0 Å². The van der Waals surface area contributed by atoms with Gasteiger partial charge in [0.2, 0.25) is 17.8 Å². The molecule has 1 aliphatic rings. The van der Waals surface area contributed by atoms with Crippen molar-refractivity contribution >= 4 is 23.5 Å². The first-order chi connectivity index (χ1) is 15.0. The summed E-state index contributed by atoms with van der Waals surface area (Å²) in [6.07, 6.45) is -0.0667. The summed E-state index contributed by atoms with van der Waals surface area (Å²) in [5, 5.41) is 9.93. The Balaban J connectivity index is 1.62. The second-order valence-corrected chi connectivity index (χ2v) is 6.76. The van der Waals surface area contributed by atoms with Crippen molar-refractivity contribution in [3.63, 3.8) is 0 Å². The van der Waals surface area contributed by atoms with Crippen LogP contribution < -0.4 is 24.8 Å². The summed E-state index contributed by atoms with van der Waals surface area (Å²) in [7, 11) is 4.62. The van der Waals surface area contributed by atoms with Crippen LogP contribution in [0, 0.1) is 0 Å². The van der Waals surface area contributed by atoms with Crippen LogP contribution in [-0.4, -0.2) is 47.9 Å². The Morgan fingerprint density at radius 3 is 2.45 bits per heavy atom. The summed E-state index contributed by atoms with van der Waals surface area (Å²) in [4.78, 5) is 29.6. The molecule has 2 heterocycles. The Bertz CT molecular complexity index is 1130. The maximum absolute atomic E-state index is 13.0. The number of hydrogen-bond acceptors (Lipinski definition) is 7. The highest BCUT2D eigenvalue weighted by molar-refractivity contribution is 6.01. The molecule has 1 atom stereocenters. The van der Waals surface area contributed by atoms with E-state index in [1.807, 2.05) is 0 Å². The Kier molecular flexibility index (Phi) is 5.44. The minimum atomic E-state index is -0.866. The lowest BCUT2D eigenvalue weighted by molar-refractivity contribution is -0.125.